The first-order valence-electron chi connectivity index (χ1n) is 13.4. The van der Waals surface area contributed by atoms with E-state index in [4.69, 9.17) is 4.98 Å². The largest absolute Gasteiger partial charge is 0.356 e. The van der Waals surface area contributed by atoms with Crippen molar-refractivity contribution in [2.24, 2.45) is 5.92 Å². The number of aryl methyl sites for hydroxylation is 1. The number of nitrogens with one attached hydrogen (secondary N) is 1. The molecule has 0 radical (unpaired) electrons. The lowest BCUT2D eigenvalue weighted by molar-refractivity contribution is -0.136. The number of aromatic nitrogens is 2. The van der Waals surface area contributed by atoms with Gasteiger partial charge in [-0.1, -0.05) is 46.2 Å². The monoisotopic (exact) mass is 470 g/mol. The number of hydrogen-bond donors (Lipinski definition) is 1. The minimum atomic E-state index is 0.128. The third kappa shape index (κ3) is 7.31. The van der Waals surface area contributed by atoms with Crippen LogP contribution in [0.15, 0.2) is 24.3 Å². The predicted octanol–water partition coefficient (Wildman–Crippen LogP) is 5.73. The fraction of sp³-hybridized carbons (Fsp3) is 0.679. The molecule has 190 valence electrons. The summed E-state index contributed by atoms with van der Waals surface area (Å²) in [4.78, 5) is 32.5. The van der Waals surface area contributed by atoms with Crippen LogP contribution in [-0.4, -0.2) is 44.9 Å². The Balaban J connectivity index is 2.03. The van der Waals surface area contributed by atoms with Gasteiger partial charge in [-0.25, -0.2) is 4.98 Å². The third-order valence-electron chi connectivity index (χ3n) is 7.18. The summed E-state index contributed by atoms with van der Waals surface area (Å²) in [5.41, 5.74) is 1.97. The van der Waals surface area contributed by atoms with Crippen LogP contribution in [0.25, 0.3) is 11.0 Å². The molecule has 0 aliphatic carbocycles. The zero-order chi connectivity index (χ0) is 25.1. The van der Waals surface area contributed by atoms with Gasteiger partial charge in [0.05, 0.1) is 11.0 Å². The van der Waals surface area contributed by atoms with Crippen LogP contribution in [0, 0.1) is 5.92 Å². The van der Waals surface area contributed by atoms with E-state index < -0.39 is 0 Å². The van der Waals surface area contributed by atoms with E-state index >= 15 is 0 Å². The Morgan fingerprint density at radius 2 is 1.59 bits per heavy atom. The van der Waals surface area contributed by atoms with Gasteiger partial charge in [0.1, 0.15) is 12.4 Å². The summed E-state index contributed by atoms with van der Waals surface area (Å²) in [5, 5.41) is 3.08. The van der Waals surface area contributed by atoms with Gasteiger partial charge >= 0.3 is 0 Å². The molecule has 2 unspecified atom stereocenters. The average molecular weight is 471 g/mol. The first-order chi connectivity index (χ1) is 16.4. The predicted molar refractivity (Wildman–Crippen MR) is 141 cm³/mol. The summed E-state index contributed by atoms with van der Waals surface area (Å²) in [6, 6.07) is 8.53. The number of benzene rings is 1. The molecule has 6 nitrogen and oxygen atoms in total. The molecule has 1 aromatic carbocycles. The van der Waals surface area contributed by atoms with Crippen molar-refractivity contribution in [1.82, 2.24) is 19.8 Å². The highest BCUT2D eigenvalue weighted by Crippen LogP contribution is 2.20. The van der Waals surface area contributed by atoms with Gasteiger partial charge in [0.25, 0.3) is 0 Å². The van der Waals surface area contributed by atoms with Crippen LogP contribution in [0.4, 0.5) is 0 Å². The zero-order valence-corrected chi connectivity index (χ0v) is 22.3. The number of unbranched alkanes of at least 4 members (excludes halogenated alkanes) is 2. The lowest BCUT2D eigenvalue weighted by Crippen LogP contribution is -2.45. The van der Waals surface area contributed by atoms with E-state index in [0.29, 0.717) is 6.54 Å². The average Bonchev–Trinajstić information content (AvgIpc) is 3.18. The van der Waals surface area contributed by atoms with Crippen LogP contribution in [0.2, 0.25) is 0 Å². The number of carbonyl (C=O) groups excluding carboxylic acids is 2. The van der Waals surface area contributed by atoms with E-state index in [1.165, 1.54) is 0 Å². The molecule has 0 aliphatic heterocycles. The lowest BCUT2D eigenvalue weighted by atomic mass is 10.0. The number of hydrogen-bond acceptors (Lipinski definition) is 3. The maximum atomic E-state index is 13.4. The van der Waals surface area contributed by atoms with Gasteiger partial charge in [0.2, 0.25) is 11.8 Å². The van der Waals surface area contributed by atoms with Crippen molar-refractivity contribution in [2.45, 2.75) is 112 Å². The second-order valence-electron chi connectivity index (χ2n) is 9.53. The molecule has 0 saturated heterocycles. The smallest absolute Gasteiger partial charge is 0.243 e. The quantitative estimate of drug-likeness (QED) is 0.338. The Morgan fingerprint density at radius 1 is 0.941 bits per heavy atom. The minimum Gasteiger partial charge on any atom is -0.356 e. The molecule has 1 N–H and O–H groups in total. The number of fused-ring (bicyclic) bond motifs is 1. The first-order valence-corrected chi connectivity index (χ1v) is 13.4. The molecule has 0 bridgehead atoms. The Morgan fingerprint density at radius 3 is 2.21 bits per heavy atom. The van der Waals surface area contributed by atoms with Crippen LogP contribution >= 0.6 is 0 Å². The van der Waals surface area contributed by atoms with Crippen molar-refractivity contribution >= 4 is 22.8 Å². The van der Waals surface area contributed by atoms with Gasteiger partial charge in [0.15, 0.2) is 0 Å². The van der Waals surface area contributed by atoms with Gasteiger partial charge in [-0.05, 0) is 64.5 Å². The molecule has 6 heteroatoms. The molecular weight excluding hydrogens is 424 g/mol. The van der Waals surface area contributed by atoms with E-state index in [1.54, 1.807) is 0 Å². The summed E-state index contributed by atoms with van der Waals surface area (Å²) >= 11 is 0. The minimum absolute atomic E-state index is 0.128. The molecular formula is C28H46N4O2. The van der Waals surface area contributed by atoms with Crippen LogP contribution < -0.4 is 5.32 Å². The van der Waals surface area contributed by atoms with Gasteiger partial charge in [-0.2, -0.15) is 0 Å². The van der Waals surface area contributed by atoms with E-state index in [2.05, 4.69) is 62.4 Å². The standard InChI is InChI=1S/C28H46N4O2/c1-7-21(5)32(22(6)8-2)27(33)20-31-25-17-14-13-16-24(25)30-26(31)18-12-11-15-19-29-28(34)23(9-3)10-4/h13-14,16-17,21-23H,7-12,15,18-20H2,1-6H3,(H,29,34). The second-order valence-corrected chi connectivity index (χ2v) is 9.53. The Kier molecular flexibility index (Phi) is 11.6. The van der Waals surface area contributed by atoms with Crippen LogP contribution in [0.1, 0.15) is 92.3 Å². The summed E-state index contributed by atoms with van der Waals surface area (Å²) in [6.07, 6.45) is 7.47. The number of para-hydroxylation sites is 2. The summed E-state index contributed by atoms with van der Waals surface area (Å²) in [7, 11) is 0. The Hall–Kier alpha value is -2.37. The van der Waals surface area contributed by atoms with Gasteiger partial charge in [-0.3, -0.25) is 9.59 Å². The highest BCUT2D eigenvalue weighted by molar-refractivity contribution is 5.81. The molecule has 0 fully saturated rings. The highest BCUT2D eigenvalue weighted by atomic mass is 16.2. The number of amides is 2. The SMILES string of the molecule is CCC(CC)C(=O)NCCCCCc1nc2ccccc2n1CC(=O)N(C(C)CC)C(C)CC. The molecule has 2 aromatic rings. The van der Waals surface area contributed by atoms with Crippen LogP contribution in [0.3, 0.4) is 0 Å². The van der Waals surface area contributed by atoms with Crippen molar-refractivity contribution in [3.63, 3.8) is 0 Å². The van der Waals surface area contributed by atoms with Crippen LogP contribution in [0.5, 0.6) is 0 Å². The molecule has 0 saturated carbocycles. The third-order valence-corrected chi connectivity index (χ3v) is 7.18. The van der Waals surface area contributed by atoms with E-state index in [0.717, 1.165) is 74.8 Å². The zero-order valence-electron chi connectivity index (χ0n) is 22.3. The molecule has 34 heavy (non-hydrogen) atoms. The summed E-state index contributed by atoms with van der Waals surface area (Å²) in [6.45, 7) is 13.7. The number of nitrogens with zero attached hydrogens (tertiary/aromatic N) is 3. The Bertz CT molecular complexity index is 893. The van der Waals surface area contributed by atoms with Gasteiger partial charge in [-0.15, -0.1) is 0 Å². The van der Waals surface area contributed by atoms with E-state index in [1.807, 2.05) is 18.2 Å². The highest BCUT2D eigenvalue weighted by Gasteiger charge is 2.25. The molecule has 1 heterocycles. The maximum Gasteiger partial charge on any atom is 0.243 e. The van der Waals surface area contributed by atoms with Crippen LogP contribution in [-0.2, 0) is 22.6 Å². The van der Waals surface area contributed by atoms with Crippen molar-refractivity contribution < 1.29 is 9.59 Å². The second kappa shape index (κ2) is 14.1. The summed E-state index contributed by atoms with van der Waals surface area (Å²) < 4.78 is 2.12. The molecule has 2 amide bonds. The van der Waals surface area contributed by atoms with Crippen molar-refractivity contribution in [1.29, 1.82) is 0 Å². The summed E-state index contributed by atoms with van der Waals surface area (Å²) in [5.74, 6) is 1.45. The topological polar surface area (TPSA) is 67.2 Å². The molecule has 0 aliphatic rings. The van der Waals surface area contributed by atoms with Crippen molar-refractivity contribution in [3.05, 3.63) is 30.1 Å². The fourth-order valence-corrected chi connectivity index (χ4v) is 4.63. The first kappa shape index (κ1) is 27.9. The van der Waals surface area contributed by atoms with E-state index in [9.17, 15) is 9.59 Å². The Labute approximate surface area is 206 Å². The van der Waals surface area contributed by atoms with Gasteiger partial charge in [0, 0.05) is 31.0 Å². The van der Waals surface area contributed by atoms with Crippen molar-refractivity contribution in [2.75, 3.05) is 6.54 Å². The molecule has 0 spiro atoms. The lowest BCUT2D eigenvalue weighted by Gasteiger charge is -2.34. The number of carbonyl (C=O) groups is 2. The molecule has 1 aromatic heterocycles. The molecule has 2 atom stereocenters. The number of imidazole rings is 1. The fourth-order valence-electron chi connectivity index (χ4n) is 4.63. The number of rotatable bonds is 15. The van der Waals surface area contributed by atoms with E-state index in [-0.39, 0.29) is 29.8 Å². The van der Waals surface area contributed by atoms with Gasteiger partial charge < -0.3 is 14.8 Å². The normalized spacial score (nSPS) is 13.3. The maximum absolute atomic E-state index is 13.4. The van der Waals surface area contributed by atoms with Crippen molar-refractivity contribution in [3.8, 4) is 0 Å². The molecule has 2 rings (SSSR count).